The lowest BCUT2D eigenvalue weighted by molar-refractivity contribution is -0.384. The van der Waals surface area contributed by atoms with E-state index in [2.05, 4.69) is 10.3 Å². The van der Waals surface area contributed by atoms with Crippen LogP contribution in [0, 0.1) is 10.1 Å². The number of nitrogens with two attached hydrogens (primary N) is 1. The van der Waals surface area contributed by atoms with Gasteiger partial charge in [-0.2, -0.15) is 0 Å². The molecule has 0 unspecified atom stereocenters. The first-order valence-electron chi connectivity index (χ1n) is 7.24. The summed E-state index contributed by atoms with van der Waals surface area (Å²) in [6.45, 7) is 1.74. The van der Waals surface area contributed by atoms with E-state index in [1.807, 2.05) is 0 Å². The van der Waals surface area contributed by atoms with Gasteiger partial charge < -0.3 is 10.5 Å². The van der Waals surface area contributed by atoms with Crippen LogP contribution in [0.3, 0.4) is 0 Å². The van der Waals surface area contributed by atoms with Gasteiger partial charge in [0.05, 0.1) is 4.92 Å². The fraction of sp³-hybridized carbons (Fsp3) is 0.571. The van der Waals surface area contributed by atoms with Gasteiger partial charge in [-0.05, 0) is 30.9 Å². The van der Waals surface area contributed by atoms with E-state index in [-0.39, 0.29) is 12.3 Å². The molecule has 116 valence electrons. The molecule has 0 aliphatic heterocycles. The fourth-order valence-electron chi connectivity index (χ4n) is 2.61. The van der Waals surface area contributed by atoms with Crippen molar-refractivity contribution in [3.8, 4) is 0 Å². The lowest BCUT2D eigenvalue weighted by Crippen LogP contribution is -2.40. The van der Waals surface area contributed by atoms with E-state index in [0.717, 1.165) is 25.1 Å². The van der Waals surface area contributed by atoms with Crippen LogP contribution in [0.15, 0.2) is 18.2 Å². The third-order valence-electron chi connectivity index (χ3n) is 3.99. The lowest BCUT2D eigenvalue weighted by Gasteiger charge is -2.37. The number of aliphatic hydroxyl groups is 1. The molecule has 1 aromatic carbocycles. The smallest absolute Gasteiger partial charge is 0.293 e. The van der Waals surface area contributed by atoms with E-state index in [1.54, 1.807) is 12.1 Å². The highest BCUT2D eigenvalue weighted by Crippen LogP contribution is 2.29. The molecule has 7 heteroatoms. The Morgan fingerprint density at radius 1 is 1.48 bits per heavy atom. The van der Waals surface area contributed by atoms with Gasteiger partial charge >= 0.3 is 0 Å². The summed E-state index contributed by atoms with van der Waals surface area (Å²) in [4.78, 5) is 12.8. The number of anilines is 1. The number of nitro benzene ring substituents is 1. The van der Waals surface area contributed by atoms with Crippen LogP contribution in [0.2, 0.25) is 0 Å². The third-order valence-corrected chi connectivity index (χ3v) is 3.99. The summed E-state index contributed by atoms with van der Waals surface area (Å²) in [5.41, 5.74) is 3.68. The van der Waals surface area contributed by atoms with Gasteiger partial charge in [0.1, 0.15) is 5.69 Å². The normalized spacial score (nSPS) is 15.0. The highest BCUT2D eigenvalue weighted by Gasteiger charge is 2.25. The molecule has 0 bridgehead atoms. The Bertz CT molecular complexity index is 491. The Morgan fingerprint density at radius 2 is 2.24 bits per heavy atom. The lowest BCUT2D eigenvalue weighted by atomic mass is 9.91. The number of nitro groups is 1. The average Bonchev–Trinajstić information content (AvgIpc) is 2.42. The Hall–Kier alpha value is -1.70. The van der Waals surface area contributed by atoms with Gasteiger partial charge in [-0.3, -0.25) is 20.9 Å². The van der Waals surface area contributed by atoms with Crippen LogP contribution in [-0.4, -0.2) is 34.1 Å². The van der Waals surface area contributed by atoms with Crippen molar-refractivity contribution in [1.82, 2.24) is 4.90 Å². The molecule has 0 amide bonds. The predicted molar refractivity (Wildman–Crippen MR) is 80.7 cm³/mol. The second-order valence-corrected chi connectivity index (χ2v) is 5.39. The van der Waals surface area contributed by atoms with Crippen LogP contribution in [0.4, 0.5) is 11.4 Å². The molecule has 1 saturated carbocycles. The molecule has 1 fully saturated rings. The Balaban J connectivity index is 2.10. The van der Waals surface area contributed by atoms with E-state index in [1.165, 1.54) is 25.3 Å². The van der Waals surface area contributed by atoms with Gasteiger partial charge in [-0.1, -0.05) is 12.5 Å². The first-order chi connectivity index (χ1) is 10.2. The topological polar surface area (TPSA) is 105 Å². The molecule has 0 atom stereocenters. The first-order valence-corrected chi connectivity index (χ1v) is 7.24. The van der Waals surface area contributed by atoms with Crippen LogP contribution in [0.25, 0.3) is 0 Å². The monoisotopic (exact) mass is 294 g/mol. The van der Waals surface area contributed by atoms with Crippen molar-refractivity contribution >= 4 is 11.4 Å². The number of hydrogen-bond acceptors (Lipinski definition) is 6. The molecule has 2 rings (SSSR count). The number of aliphatic hydroxyl groups excluding tert-OH is 1. The second-order valence-electron chi connectivity index (χ2n) is 5.39. The number of nitrogens with zero attached hydrogens (tertiary/aromatic N) is 2. The van der Waals surface area contributed by atoms with Crippen LogP contribution in [-0.2, 0) is 6.54 Å². The maximum Gasteiger partial charge on any atom is 0.293 e. The predicted octanol–water partition coefficient (Wildman–Crippen LogP) is 1.62. The SMILES string of the molecule is NNc1cc(CN(CCCO)C2CCC2)ccc1[N+](=O)[O-]. The van der Waals surface area contributed by atoms with Crippen LogP contribution < -0.4 is 11.3 Å². The Morgan fingerprint density at radius 3 is 2.76 bits per heavy atom. The van der Waals surface area contributed by atoms with Gasteiger partial charge in [0.25, 0.3) is 5.69 Å². The molecular weight excluding hydrogens is 272 g/mol. The van der Waals surface area contributed by atoms with Gasteiger partial charge in [0.2, 0.25) is 0 Å². The fourth-order valence-corrected chi connectivity index (χ4v) is 2.61. The molecule has 0 aromatic heterocycles. The summed E-state index contributed by atoms with van der Waals surface area (Å²) in [6.07, 6.45) is 4.35. The quantitative estimate of drug-likeness (QED) is 0.382. The molecule has 0 saturated heterocycles. The summed E-state index contributed by atoms with van der Waals surface area (Å²) in [5.74, 6) is 5.36. The number of nitrogen functional groups attached to an aromatic ring is 1. The van der Waals surface area contributed by atoms with Crippen molar-refractivity contribution in [2.24, 2.45) is 5.84 Å². The second kappa shape index (κ2) is 7.35. The molecule has 7 nitrogen and oxygen atoms in total. The summed E-state index contributed by atoms with van der Waals surface area (Å²) >= 11 is 0. The zero-order valence-electron chi connectivity index (χ0n) is 12.0. The zero-order valence-corrected chi connectivity index (χ0v) is 12.0. The van der Waals surface area contributed by atoms with Crippen LogP contribution in [0.5, 0.6) is 0 Å². The summed E-state index contributed by atoms with van der Waals surface area (Å²) < 4.78 is 0. The minimum absolute atomic E-state index is 0.0215. The van der Waals surface area contributed by atoms with Gasteiger partial charge in [0, 0.05) is 31.8 Å². The minimum atomic E-state index is -0.450. The highest BCUT2D eigenvalue weighted by atomic mass is 16.6. The van der Waals surface area contributed by atoms with Crippen molar-refractivity contribution in [2.75, 3.05) is 18.6 Å². The summed E-state index contributed by atoms with van der Waals surface area (Å²) in [6, 6.07) is 5.53. The maximum absolute atomic E-state index is 10.9. The number of hydrazine groups is 1. The molecule has 0 radical (unpaired) electrons. The maximum atomic E-state index is 10.9. The number of benzene rings is 1. The van der Waals surface area contributed by atoms with Crippen LogP contribution in [0.1, 0.15) is 31.2 Å². The van der Waals surface area contributed by atoms with Gasteiger partial charge in [0.15, 0.2) is 0 Å². The van der Waals surface area contributed by atoms with Gasteiger partial charge in [-0.15, -0.1) is 0 Å². The molecule has 21 heavy (non-hydrogen) atoms. The van der Waals surface area contributed by atoms with E-state index in [4.69, 9.17) is 10.9 Å². The van der Waals surface area contributed by atoms with E-state index < -0.39 is 4.92 Å². The summed E-state index contributed by atoms with van der Waals surface area (Å²) in [5, 5.41) is 19.9. The van der Waals surface area contributed by atoms with Crippen molar-refractivity contribution in [3.63, 3.8) is 0 Å². The summed E-state index contributed by atoms with van der Waals surface area (Å²) in [7, 11) is 0. The van der Waals surface area contributed by atoms with E-state index in [9.17, 15) is 10.1 Å². The van der Waals surface area contributed by atoms with Crippen molar-refractivity contribution in [1.29, 1.82) is 0 Å². The van der Waals surface area contributed by atoms with Gasteiger partial charge in [-0.25, -0.2) is 0 Å². The third kappa shape index (κ3) is 3.90. The molecule has 4 N–H and O–H groups in total. The first kappa shape index (κ1) is 15.7. The van der Waals surface area contributed by atoms with Crippen molar-refractivity contribution in [2.45, 2.75) is 38.3 Å². The van der Waals surface area contributed by atoms with E-state index in [0.29, 0.717) is 11.7 Å². The average molecular weight is 294 g/mol. The minimum Gasteiger partial charge on any atom is -0.396 e. The zero-order chi connectivity index (χ0) is 15.2. The number of rotatable bonds is 8. The van der Waals surface area contributed by atoms with Crippen molar-refractivity contribution in [3.05, 3.63) is 33.9 Å². The highest BCUT2D eigenvalue weighted by molar-refractivity contribution is 5.62. The number of nitrogens with one attached hydrogen (secondary N) is 1. The molecule has 1 aliphatic carbocycles. The Labute approximate surface area is 123 Å². The molecular formula is C14H22N4O3. The Kier molecular flexibility index (Phi) is 5.49. The van der Waals surface area contributed by atoms with Crippen molar-refractivity contribution < 1.29 is 10.0 Å². The van der Waals surface area contributed by atoms with E-state index >= 15 is 0 Å². The molecule has 1 aromatic rings. The molecule has 0 spiro atoms. The largest absolute Gasteiger partial charge is 0.396 e. The molecule has 0 heterocycles. The molecule has 1 aliphatic rings. The van der Waals surface area contributed by atoms with Crippen LogP contribution >= 0.6 is 0 Å². The number of hydrogen-bond donors (Lipinski definition) is 3. The standard InChI is InChI=1S/C14H22N4O3/c15-16-13-9-11(5-6-14(13)18(20)21)10-17(7-2-8-19)12-3-1-4-12/h5-6,9,12,16,19H,1-4,7-8,10,15H2.